The Balaban J connectivity index is 1.78. The van der Waals surface area contributed by atoms with Crippen molar-refractivity contribution < 1.29 is 27.5 Å². The molecule has 0 bridgehead atoms. The first-order chi connectivity index (χ1) is 21.0. The van der Waals surface area contributed by atoms with E-state index in [1.165, 1.54) is 25.2 Å². The summed E-state index contributed by atoms with van der Waals surface area (Å²) in [6, 6.07) is 18.1. The van der Waals surface area contributed by atoms with Crippen molar-refractivity contribution in [3.05, 3.63) is 87.9 Å². The minimum absolute atomic E-state index is 0.0104. The molecule has 3 aromatic carbocycles. The van der Waals surface area contributed by atoms with Crippen LogP contribution in [0.25, 0.3) is 0 Å². The first-order valence-corrected chi connectivity index (χ1v) is 16.9. The number of benzene rings is 3. The average molecular weight is 663 g/mol. The molecule has 0 unspecified atom stereocenters. The number of ether oxygens (including phenoxy) is 2. The summed E-state index contributed by atoms with van der Waals surface area (Å²) in [5, 5.41) is 3.79. The lowest BCUT2D eigenvalue weighted by Crippen LogP contribution is -2.54. The standard InChI is InChI=1S/C32H37Cl2N3O6S/c1-42-25-14-16-30(43-2)28(19-25)37(44(3,40)41)21-31(38)36(20-23-13-15-26(33)27(34)17-23)29(18-22-9-5-4-6-10-22)32(39)35-24-11-7-8-12-24/h4-6,9-10,13-17,19,24,29H,7-8,11-12,18,20-21H2,1-3H3,(H,35,39)/t29-/m0/s1. The summed E-state index contributed by atoms with van der Waals surface area (Å²) in [5.41, 5.74) is 1.61. The van der Waals surface area contributed by atoms with E-state index in [4.69, 9.17) is 32.7 Å². The van der Waals surface area contributed by atoms with E-state index >= 15 is 0 Å². The highest BCUT2D eigenvalue weighted by molar-refractivity contribution is 7.92. The molecule has 12 heteroatoms. The summed E-state index contributed by atoms with van der Waals surface area (Å²) in [7, 11) is -1.14. The lowest BCUT2D eigenvalue weighted by molar-refractivity contribution is -0.140. The van der Waals surface area contributed by atoms with Gasteiger partial charge in [-0.25, -0.2) is 8.42 Å². The highest BCUT2D eigenvalue weighted by Crippen LogP contribution is 2.34. The number of rotatable bonds is 13. The summed E-state index contributed by atoms with van der Waals surface area (Å²) >= 11 is 12.5. The Morgan fingerprint density at radius 3 is 2.25 bits per heavy atom. The monoisotopic (exact) mass is 661 g/mol. The van der Waals surface area contributed by atoms with Crippen molar-refractivity contribution in [2.45, 2.75) is 50.7 Å². The van der Waals surface area contributed by atoms with Crippen molar-refractivity contribution in [3.63, 3.8) is 0 Å². The third kappa shape index (κ3) is 8.58. The molecule has 4 rings (SSSR count). The Labute approximate surface area is 269 Å². The summed E-state index contributed by atoms with van der Waals surface area (Å²) in [5.74, 6) is -0.278. The third-order valence-electron chi connectivity index (χ3n) is 7.64. The number of amides is 2. The van der Waals surface area contributed by atoms with Crippen LogP contribution >= 0.6 is 23.2 Å². The molecular formula is C32H37Cl2N3O6S. The molecule has 0 saturated heterocycles. The molecule has 0 aliphatic heterocycles. The predicted octanol–water partition coefficient (Wildman–Crippen LogP) is 5.48. The van der Waals surface area contributed by atoms with Crippen molar-refractivity contribution >= 4 is 50.7 Å². The molecule has 0 heterocycles. The van der Waals surface area contributed by atoms with E-state index in [0.29, 0.717) is 21.4 Å². The highest BCUT2D eigenvalue weighted by Gasteiger charge is 2.35. The van der Waals surface area contributed by atoms with Crippen LogP contribution < -0.4 is 19.1 Å². The quantitative estimate of drug-likeness (QED) is 0.260. The van der Waals surface area contributed by atoms with E-state index in [1.807, 2.05) is 30.3 Å². The van der Waals surface area contributed by atoms with Crippen LogP contribution in [0.1, 0.15) is 36.8 Å². The lowest BCUT2D eigenvalue weighted by Gasteiger charge is -2.34. The molecule has 1 fully saturated rings. The second kappa shape index (κ2) is 15.0. The second-order valence-electron chi connectivity index (χ2n) is 10.8. The third-order valence-corrected chi connectivity index (χ3v) is 9.51. The van der Waals surface area contributed by atoms with Crippen LogP contribution in [0, 0.1) is 0 Å². The Morgan fingerprint density at radius 2 is 1.64 bits per heavy atom. The molecule has 9 nitrogen and oxygen atoms in total. The van der Waals surface area contributed by atoms with E-state index in [-0.39, 0.29) is 36.4 Å². The van der Waals surface area contributed by atoms with E-state index in [0.717, 1.165) is 41.8 Å². The van der Waals surface area contributed by atoms with Crippen LogP contribution in [0.15, 0.2) is 66.7 Å². The number of nitrogens with one attached hydrogen (secondary N) is 1. The molecule has 236 valence electrons. The van der Waals surface area contributed by atoms with E-state index < -0.39 is 28.5 Å². The number of nitrogens with zero attached hydrogens (tertiary/aromatic N) is 2. The number of hydrogen-bond acceptors (Lipinski definition) is 6. The Morgan fingerprint density at radius 1 is 0.932 bits per heavy atom. The number of carbonyl (C=O) groups excluding carboxylic acids is 2. The lowest BCUT2D eigenvalue weighted by atomic mass is 10.0. The first kappa shape index (κ1) is 33.4. The van der Waals surface area contributed by atoms with E-state index in [9.17, 15) is 18.0 Å². The maximum absolute atomic E-state index is 14.4. The zero-order chi connectivity index (χ0) is 31.9. The van der Waals surface area contributed by atoms with Crippen molar-refractivity contribution in [1.29, 1.82) is 0 Å². The normalized spacial score (nSPS) is 14.1. The zero-order valence-corrected chi connectivity index (χ0v) is 27.3. The highest BCUT2D eigenvalue weighted by atomic mass is 35.5. The van der Waals surface area contributed by atoms with Gasteiger partial charge >= 0.3 is 0 Å². The van der Waals surface area contributed by atoms with Gasteiger partial charge in [0.25, 0.3) is 0 Å². The van der Waals surface area contributed by atoms with Crippen LogP contribution in [0.5, 0.6) is 11.5 Å². The summed E-state index contributed by atoms with van der Waals surface area (Å²) < 4.78 is 38.1. The van der Waals surface area contributed by atoms with Gasteiger partial charge < -0.3 is 19.7 Å². The molecule has 1 aliphatic carbocycles. The number of sulfonamides is 1. The maximum Gasteiger partial charge on any atom is 0.244 e. The van der Waals surface area contributed by atoms with Crippen molar-refractivity contribution in [1.82, 2.24) is 10.2 Å². The minimum Gasteiger partial charge on any atom is -0.497 e. The fraction of sp³-hybridized carbons (Fsp3) is 0.375. The van der Waals surface area contributed by atoms with Gasteiger partial charge in [-0.3, -0.25) is 13.9 Å². The Bertz CT molecular complexity index is 1570. The fourth-order valence-corrected chi connectivity index (χ4v) is 6.51. The van der Waals surface area contributed by atoms with Crippen LogP contribution in [0.2, 0.25) is 10.0 Å². The fourth-order valence-electron chi connectivity index (χ4n) is 5.34. The topological polar surface area (TPSA) is 105 Å². The number of halogens is 2. The van der Waals surface area contributed by atoms with Gasteiger partial charge in [0.05, 0.1) is 36.2 Å². The summed E-state index contributed by atoms with van der Waals surface area (Å²) in [4.78, 5) is 29.8. The van der Waals surface area contributed by atoms with Gasteiger partial charge in [-0.05, 0) is 48.2 Å². The molecule has 1 N–H and O–H groups in total. The van der Waals surface area contributed by atoms with Gasteiger partial charge in [-0.2, -0.15) is 0 Å². The van der Waals surface area contributed by atoms with E-state index in [2.05, 4.69) is 5.32 Å². The molecule has 1 aliphatic rings. The summed E-state index contributed by atoms with van der Waals surface area (Å²) in [6.07, 6.45) is 4.99. The molecule has 0 spiro atoms. The molecule has 2 amide bonds. The number of carbonyl (C=O) groups is 2. The maximum atomic E-state index is 14.4. The minimum atomic E-state index is -4.00. The number of hydrogen-bond donors (Lipinski definition) is 1. The smallest absolute Gasteiger partial charge is 0.244 e. The van der Waals surface area contributed by atoms with Gasteiger partial charge in [0, 0.05) is 25.1 Å². The van der Waals surface area contributed by atoms with Gasteiger partial charge in [0.2, 0.25) is 21.8 Å². The van der Waals surface area contributed by atoms with Crippen LogP contribution in [0.3, 0.4) is 0 Å². The predicted molar refractivity (Wildman–Crippen MR) is 173 cm³/mol. The largest absolute Gasteiger partial charge is 0.497 e. The van der Waals surface area contributed by atoms with Crippen LogP contribution in [-0.4, -0.2) is 64.2 Å². The number of anilines is 1. The van der Waals surface area contributed by atoms with Crippen LogP contribution in [0.4, 0.5) is 5.69 Å². The van der Waals surface area contributed by atoms with Crippen LogP contribution in [-0.2, 0) is 32.6 Å². The zero-order valence-electron chi connectivity index (χ0n) is 25.0. The van der Waals surface area contributed by atoms with Gasteiger partial charge in [-0.1, -0.05) is 72.4 Å². The molecule has 0 radical (unpaired) electrons. The first-order valence-electron chi connectivity index (χ1n) is 14.3. The summed E-state index contributed by atoms with van der Waals surface area (Å²) in [6.45, 7) is -0.607. The molecule has 3 aromatic rings. The van der Waals surface area contributed by atoms with Gasteiger partial charge in [0.1, 0.15) is 24.1 Å². The molecule has 1 saturated carbocycles. The number of methoxy groups -OCH3 is 2. The molecular weight excluding hydrogens is 625 g/mol. The van der Waals surface area contributed by atoms with E-state index in [1.54, 1.807) is 30.3 Å². The SMILES string of the molecule is COc1ccc(OC)c(N(CC(=O)N(Cc2ccc(Cl)c(Cl)c2)[C@@H](Cc2ccccc2)C(=O)NC2CCCC2)S(C)(=O)=O)c1. The van der Waals surface area contributed by atoms with Crippen molar-refractivity contribution in [2.24, 2.45) is 0 Å². The average Bonchev–Trinajstić information content (AvgIpc) is 3.52. The Hall–Kier alpha value is -3.47. The van der Waals surface area contributed by atoms with Crippen molar-refractivity contribution in [2.75, 3.05) is 31.3 Å². The van der Waals surface area contributed by atoms with Gasteiger partial charge in [-0.15, -0.1) is 0 Å². The van der Waals surface area contributed by atoms with Crippen molar-refractivity contribution in [3.8, 4) is 11.5 Å². The molecule has 44 heavy (non-hydrogen) atoms. The molecule has 1 atom stereocenters. The second-order valence-corrected chi connectivity index (χ2v) is 13.5. The Kier molecular flexibility index (Phi) is 11.4. The van der Waals surface area contributed by atoms with Gasteiger partial charge in [0.15, 0.2) is 0 Å². The molecule has 0 aromatic heterocycles.